The number of amides is 1. The lowest BCUT2D eigenvalue weighted by atomic mass is 9.92. The van der Waals surface area contributed by atoms with Gasteiger partial charge < -0.3 is 14.8 Å². The van der Waals surface area contributed by atoms with Crippen LogP contribution in [0.5, 0.6) is 11.5 Å². The Labute approximate surface area is 158 Å². The van der Waals surface area contributed by atoms with E-state index in [0.29, 0.717) is 5.56 Å². The van der Waals surface area contributed by atoms with Crippen LogP contribution in [0.2, 0.25) is 0 Å². The number of nitrogens with one attached hydrogen (secondary N) is 1. The fraction of sp³-hybridized carbons (Fsp3) is 0.381. The normalized spacial score (nSPS) is 11.2. The van der Waals surface area contributed by atoms with E-state index in [1.165, 1.54) is 25.3 Å². The van der Waals surface area contributed by atoms with Crippen molar-refractivity contribution >= 4 is 11.6 Å². The molecule has 4 nitrogen and oxygen atoms in total. The van der Waals surface area contributed by atoms with Crippen LogP contribution in [0, 0.1) is 0 Å². The van der Waals surface area contributed by atoms with Crippen molar-refractivity contribution in [3.05, 3.63) is 53.1 Å². The minimum absolute atomic E-state index is 0.0733. The van der Waals surface area contributed by atoms with Crippen LogP contribution in [0.25, 0.3) is 0 Å². The van der Waals surface area contributed by atoms with Crippen molar-refractivity contribution in [2.45, 2.75) is 46.1 Å². The Hall–Kier alpha value is -2.63. The van der Waals surface area contributed by atoms with E-state index in [4.69, 9.17) is 4.74 Å². The molecule has 6 heteroatoms. The SMILES string of the molecule is COc1cc(C(=O)Nc2c(C(C)C)cccc2C(C)C)ccc1OC(F)F. The molecule has 0 atom stereocenters. The van der Waals surface area contributed by atoms with Crippen LogP contribution in [-0.2, 0) is 0 Å². The molecule has 0 aliphatic heterocycles. The first-order valence-corrected chi connectivity index (χ1v) is 8.81. The first-order valence-electron chi connectivity index (χ1n) is 8.81. The number of hydrogen-bond donors (Lipinski definition) is 1. The number of carbonyl (C=O) groups excluding carboxylic acids is 1. The van der Waals surface area contributed by atoms with Crippen molar-refractivity contribution in [3.8, 4) is 11.5 Å². The molecule has 27 heavy (non-hydrogen) atoms. The van der Waals surface area contributed by atoms with Crippen LogP contribution in [0.15, 0.2) is 36.4 Å². The van der Waals surface area contributed by atoms with Gasteiger partial charge in [0, 0.05) is 11.3 Å². The summed E-state index contributed by atoms with van der Waals surface area (Å²) in [5, 5.41) is 2.99. The fourth-order valence-corrected chi connectivity index (χ4v) is 2.88. The molecule has 0 aliphatic carbocycles. The van der Waals surface area contributed by atoms with Crippen LogP contribution in [0.3, 0.4) is 0 Å². The number of alkyl halides is 2. The van der Waals surface area contributed by atoms with E-state index in [0.717, 1.165) is 16.8 Å². The van der Waals surface area contributed by atoms with Gasteiger partial charge in [-0.25, -0.2) is 0 Å². The molecule has 0 fully saturated rings. The zero-order valence-corrected chi connectivity index (χ0v) is 16.2. The Kier molecular flexibility index (Phi) is 6.77. The summed E-state index contributed by atoms with van der Waals surface area (Å²) >= 11 is 0. The highest BCUT2D eigenvalue weighted by molar-refractivity contribution is 6.05. The Morgan fingerprint density at radius 1 is 0.963 bits per heavy atom. The Balaban J connectivity index is 2.38. The predicted octanol–water partition coefficient (Wildman–Crippen LogP) is 5.80. The molecule has 0 aliphatic rings. The number of para-hydroxylation sites is 1. The van der Waals surface area contributed by atoms with E-state index in [2.05, 4.69) is 37.7 Å². The molecule has 0 saturated carbocycles. The monoisotopic (exact) mass is 377 g/mol. The largest absolute Gasteiger partial charge is 0.493 e. The molecular formula is C21H25F2NO3. The zero-order chi connectivity index (χ0) is 20.1. The highest BCUT2D eigenvalue weighted by Crippen LogP contribution is 2.34. The first-order chi connectivity index (χ1) is 12.7. The molecule has 0 bridgehead atoms. The van der Waals surface area contributed by atoms with Crippen LogP contribution in [-0.4, -0.2) is 19.6 Å². The summed E-state index contributed by atoms with van der Waals surface area (Å²) in [6.07, 6.45) is 0. The van der Waals surface area contributed by atoms with Crippen LogP contribution in [0.1, 0.15) is 61.0 Å². The van der Waals surface area contributed by atoms with E-state index >= 15 is 0 Å². The second-order valence-corrected chi connectivity index (χ2v) is 6.82. The number of halogens is 2. The maximum Gasteiger partial charge on any atom is 0.387 e. The lowest BCUT2D eigenvalue weighted by Gasteiger charge is -2.20. The predicted molar refractivity (Wildman–Crippen MR) is 102 cm³/mol. The first kappa shape index (κ1) is 20.7. The Morgan fingerprint density at radius 3 is 2.04 bits per heavy atom. The van der Waals surface area contributed by atoms with Crippen molar-refractivity contribution in [2.24, 2.45) is 0 Å². The van der Waals surface area contributed by atoms with Crippen molar-refractivity contribution in [1.82, 2.24) is 0 Å². The Morgan fingerprint density at radius 2 is 1.56 bits per heavy atom. The van der Waals surface area contributed by atoms with E-state index in [9.17, 15) is 13.6 Å². The summed E-state index contributed by atoms with van der Waals surface area (Å²) in [5.74, 6) is 0.0799. The molecule has 1 amide bonds. The zero-order valence-electron chi connectivity index (χ0n) is 16.2. The number of carbonyl (C=O) groups is 1. The van der Waals surface area contributed by atoms with Gasteiger partial charge in [-0.1, -0.05) is 45.9 Å². The lowest BCUT2D eigenvalue weighted by molar-refractivity contribution is -0.0512. The van der Waals surface area contributed by atoms with Gasteiger partial charge in [0.25, 0.3) is 5.91 Å². The summed E-state index contributed by atoms with van der Waals surface area (Å²) in [4.78, 5) is 12.8. The van der Waals surface area contributed by atoms with Crippen LogP contribution < -0.4 is 14.8 Å². The van der Waals surface area contributed by atoms with E-state index in [1.807, 2.05) is 18.2 Å². The van der Waals surface area contributed by atoms with Gasteiger partial charge in [0.05, 0.1) is 7.11 Å². The van der Waals surface area contributed by atoms with Crippen molar-refractivity contribution < 1.29 is 23.0 Å². The van der Waals surface area contributed by atoms with E-state index in [-0.39, 0.29) is 29.2 Å². The standard InChI is InChI=1S/C21H25F2NO3/c1-12(2)15-7-6-8-16(13(3)4)19(15)24-20(25)14-9-10-17(27-21(22)23)18(11-14)26-5/h6-13,21H,1-5H3,(H,24,25). The minimum atomic E-state index is -2.97. The van der Waals surface area contributed by atoms with Gasteiger partial charge in [0.2, 0.25) is 0 Å². The molecule has 0 spiro atoms. The topological polar surface area (TPSA) is 47.6 Å². The molecule has 1 N–H and O–H groups in total. The van der Waals surface area contributed by atoms with Gasteiger partial charge in [-0.2, -0.15) is 8.78 Å². The fourth-order valence-electron chi connectivity index (χ4n) is 2.88. The maximum absolute atomic E-state index is 12.8. The van der Waals surface area contributed by atoms with E-state index in [1.54, 1.807) is 0 Å². The third-order valence-corrected chi connectivity index (χ3v) is 4.25. The summed E-state index contributed by atoms with van der Waals surface area (Å²) in [7, 11) is 1.33. The van der Waals surface area contributed by atoms with Crippen molar-refractivity contribution in [3.63, 3.8) is 0 Å². The minimum Gasteiger partial charge on any atom is -0.493 e. The molecule has 0 saturated heterocycles. The maximum atomic E-state index is 12.8. The lowest BCUT2D eigenvalue weighted by Crippen LogP contribution is -2.16. The number of ether oxygens (including phenoxy) is 2. The quantitative estimate of drug-likeness (QED) is 0.664. The molecule has 0 radical (unpaired) electrons. The molecular weight excluding hydrogens is 352 g/mol. The summed E-state index contributed by atoms with van der Waals surface area (Å²) in [5.41, 5.74) is 3.17. The van der Waals surface area contributed by atoms with Gasteiger partial charge in [-0.05, 0) is 41.2 Å². The third kappa shape index (κ3) is 4.96. The van der Waals surface area contributed by atoms with Crippen LogP contribution >= 0.6 is 0 Å². The summed E-state index contributed by atoms with van der Waals surface area (Å²) in [6, 6.07) is 10.1. The molecule has 0 heterocycles. The number of hydrogen-bond acceptors (Lipinski definition) is 3. The molecule has 0 unspecified atom stereocenters. The summed E-state index contributed by atoms with van der Waals surface area (Å²) in [6.45, 7) is 5.29. The van der Waals surface area contributed by atoms with Gasteiger partial charge in [-0.3, -0.25) is 4.79 Å². The second kappa shape index (κ2) is 8.84. The molecule has 2 rings (SSSR count). The van der Waals surface area contributed by atoms with Gasteiger partial charge in [0.15, 0.2) is 11.5 Å². The molecule has 2 aromatic rings. The van der Waals surface area contributed by atoms with Crippen molar-refractivity contribution in [1.29, 1.82) is 0 Å². The highest BCUT2D eigenvalue weighted by Gasteiger charge is 2.18. The molecule has 146 valence electrons. The van der Waals surface area contributed by atoms with Crippen molar-refractivity contribution in [2.75, 3.05) is 12.4 Å². The second-order valence-electron chi connectivity index (χ2n) is 6.82. The van der Waals surface area contributed by atoms with Gasteiger partial charge >= 0.3 is 6.61 Å². The van der Waals surface area contributed by atoms with E-state index < -0.39 is 6.61 Å². The van der Waals surface area contributed by atoms with Crippen LogP contribution in [0.4, 0.5) is 14.5 Å². The Bertz CT molecular complexity index is 778. The molecule has 2 aromatic carbocycles. The summed E-state index contributed by atoms with van der Waals surface area (Å²) < 4.78 is 34.4. The third-order valence-electron chi connectivity index (χ3n) is 4.25. The number of rotatable bonds is 7. The number of anilines is 1. The van der Waals surface area contributed by atoms with Gasteiger partial charge in [0.1, 0.15) is 0 Å². The highest BCUT2D eigenvalue weighted by atomic mass is 19.3. The smallest absolute Gasteiger partial charge is 0.387 e. The number of benzene rings is 2. The average molecular weight is 377 g/mol. The van der Waals surface area contributed by atoms with Gasteiger partial charge in [-0.15, -0.1) is 0 Å². The average Bonchev–Trinajstić information content (AvgIpc) is 2.61. The number of methoxy groups -OCH3 is 1. The molecule has 0 aromatic heterocycles.